The molecule has 2 aromatic rings. The van der Waals surface area contributed by atoms with Crippen LogP contribution in [0.3, 0.4) is 0 Å². The lowest BCUT2D eigenvalue weighted by Crippen LogP contribution is -2.57. The lowest BCUT2D eigenvalue weighted by Gasteiger charge is -2.42. The predicted molar refractivity (Wildman–Crippen MR) is 148 cm³/mol. The van der Waals surface area contributed by atoms with Crippen LogP contribution in [0.1, 0.15) is 42.1 Å². The number of anilines is 1. The van der Waals surface area contributed by atoms with Gasteiger partial charge in [0, 0.05) is 44.5 Å². The Labute approximate surface area is 229 Å². The molecule has 210 valence electrons. The number of carbonyl (C=O) groups is 3. The molecule has 2 fully saturated rings. The van der Waals surface area contributed by atoms with Crippen molar-refractivity contribution in [2.24, 2.45) is 11.8 Å². The molecule has 0 saturated carbocycles. The summed E-state index contributed by atoms with van der Waals surface area (Å²) in [6.45, 7) is 5.33. The molecule has 0 aromatic heterocycles. The van der Waals surface area contributed by atoms with Gasteiger partial charge < -0.3 is 25.2 Å². The number of ketones is 1. The molecule has 1 unspecified atom stereocenters. The lowest BCUT2D eigenvalue weighted by molar-refractivity contribution is -0.137. The molecule has 2 saturated heterocycles. The molecule has 3 amide bonds. The summed E-state index contributed by atoms with van der Waals surface area (Å²) in [4.78, 5) is 41.5. The number of methoxy groups -OCH3 is 1. The summed E-state index contributed by atoms with van der Waals surface area (Å²) in [6, 6.07) is 13.0. The third kappa shape index (κ3) is 8.34. The van der Waals surface area contributed by atoms with E-state index in [1.54, 1.807) is 29.2 Å². The van der Waals surface area contributed by atoms with Crippen LogP contribution in [-0.2, 0) is 16.0 Å². The number of urea groups is 1. The van der Waals surface area contributed by atoms with Gasteiger partial charge in [0.15, 0.2) is 5.78 Å². The van der Waals surface area contributed by atoms with Gasteiger partial charge in [-0.25, -0.2) is 9.18 Å². The predicted octanol–water partition coefficient (Wildman–Crippen LogP) is 3.97. The number of halogens is 1. The minimum Gasteiger partial charge on any atom is -0.375 e. The highest BCUT2D eigenvalue weighted by Gasteiger charge is 2.34. The number of ether oxygens (including phenoxy) is 1. The maximum absolute atomic E-state index is 13.3. The molecule has 8 nitrogen and oxygen atoms in total. The van der Waals surface area contributed by atoms with Crippen molar-refractivity contribution in [3.8, 4) is 0 Å². The molecule has 0 aliphatic carbocycles. The van der Waals surface area contributed by atoms with E-state index < -0.39 is 0 Å². The van der Waals surface area contributed by atoms with E-state index in [0.29, 0.717) is 30.3 Å². The Balaban J connectivity index is 1.39. The van der Waals surface area contributed by atoms with Crippen LogP contribution in [0.2, 0.25) is 0 Å². The summed E-state index contributed by atoms with van der Waals surface area (Å²) in [5, 5.41) is 5.95. The van der Waals surface area contributed by atoms with Gasteiger partial charge in [-0.05, 0) is 80.8 Å². The highest BCUT2D eigenvalue weighted by Crippen LogP contribution is 2.25. The van der Waals surface area contributed by atoms with E-state index in [-0.39, 0.29) is 42.1 Å². The zero-order valence-corrected chi connectivity index (χ0v) is 22.8. The molecule has 39 heavy (non-hydrogen) atoms. The third-order valence-corrected chi connectivity index (χ3v) is 7.75. The SMILES string of the molecule is COCC(=O)N1CC[C@@H](CN2CCCC(Cc3ccc(F)cc3)C2)[C@@H](NC(=O)Nc2cccc(C(C)=O)c2)C1. The molecule has 3 atom stereocenters. The number of likely N-dealkylation sites (tertiary alicyclic amines) is 2. The second-order valence-corrected chi connectivity index (χ2v) is 10.8. The summed E-state index contributed by atoms with van der Waals surface area (Å²) >= 11 is 0. The monoisotopic (exact) mass is 538 g/mol. The summed E-state index contributed by atoms with van der Waals surface area (Å²) in [7, 11) is 1.50. The van der Waals surface area contributed by atoms with Crippen LogP contribution in [0.5, 0.6) is 0 Å². The first-order valence-electron chi connectivity index (χ1n) is 13.7. The molecular weight excluding hydrogens is 499 g/mol. The molecule has 0 radical (unpaired) electrons. The Morgan fingerprint density at radius 3 is 2.59 bits per heavy atom. The molecule has 0 bridgehead atoms. The third-order valence-electron chi connectivity index (χ3n) is 7.75. The number of benzene rings is 2. The van der Waals surface area contributed by atoms with Crippen molar-refractivity contribution < 1.29 is 23.5 Å². The van der Waals surface area contributed by atoms with E-state index in [1.165, 1.54) is 26.2 Å². The minimum absolute atomic E-state index is 0.0125. The highest BCUT2D eigenvalue weighted by atomic mass is 19.1. The fourth-order valence-corrected chi connectivity index (χ4v) is 5.74. The fraction of sp³-hybridized carbons (Fsp3) is 0.500. The first-order chi connectivity index (χ1) is 18.8. The number of nitrogens with zero attached hydrogens (tertiary/aromatic N) is 2. The van der Waals surface area contributed by atoms with Crippen molar-refractivity contribution >= 4 is 23.4 Å². The number of carbonyl (C=O) groups excluding carboxylic acids is 3. The molecule has 0 spiro atoms. The summed E-state index contributed by atoms with van der Waals surface area (Å²) in [5.41, 5.74) is 2.22. The van der Waals surface area contributed by atoms with Crippen LogP contribution in [0.15, 0.2) is 48.5 Å². The maximum atomic E-state index is 13.3. The second-order valence-electron chi connectivity index (χ2n) is 10.8. The van der Waals surface area contributed by atoms with Gasteiger partial charge in [0.2, 0.25) is 5.91 Å². The lowest BCUT2D eigenvalue weighted by atomic mass is 9.87. The van der Waals surface area contributed by atoms with E-state index >= 15 is 0 Å². The normalized spacial score (nSPS) is 21.8. The number of hydrogen-bond acceptors (Lipinski definition) is 5. The fourth-order valence-electron chi connectivity index (χ4n) is 5.74. The van der Waals surface area contributed by atoms with E-state index in [9.17, 15) is 18.8 Å². The number of nitrogens with one attached hydrogen (secondary N) is 2. The van der Waals surface area contributed by atoms with E-state index in [1.807, 2.05) is 12.1 Å². The van der Waals surface area contributed by atoms with Crippen LogP contribution in [0.4, 0.5) is 14.9 Å². The van der Waals surface area contributed by atoms with Crippen molar-refractivity contribution in [2.75, 3.05) is 51.8 Å². The highest BCUT2D eigenvalue weighted by molar-refractivity contribution is 5.96. The number of piperidine rings is 2. The molecule has 2 aromatic carbocycles. The zero-order valence-electron chi connectivity index (χ0n) is 22.8. The van der Waals surface area contributed by atoms with Crippen LogP contribution in [0.25, 0.3) is 0 Å². The molecule has 9 heteroatoms. The van der Waals surface area contributed by atoms with Gasteiger partial charge in [-0.15, -0.1) is 0 Å². The van der Waals surface area contributed by atoms with E-state index in [4.69, 9.17) is 4.74 Å². The largest absolute Gasteiger partial charge is 0.375 e. The quantitative estimate of drug-likeness (QED) is 0.472. The van der Waals surface area contributed by atoms with Gasteiger partial charge >= 0.3 is 6.03 Å². The van der Waals surface area contributed by atoms with Crippen LogP contribution >= 0.6 is 0 Å². The zero-order chi connectivity index (χ0) is 27.8. The topological polar surface area (TPSA) is 91.0 Å². The average molecular weight is 539 g/mol. The summed E-state index contributed by atoms with van der Waals surface area (Å²) in [6.07, 6.45) is 3.94. The van der Waals surface area contributed by atoms with E-state index in [2.05, 4.69) is 15.5 Å². The number of rotatable bonds is 9. The Kier molecular flexibility index (Phi) is 10.1. The number of hydrogen-bond donors (Lipinski definition) is 2. The molecule has 4 rings (SSSR count). The van der Waals surface area contributed by atoms with Gasteiger partial charge in [-0.1, -0.05) is 24.3 Å². The molecular formula is C30H39FN4O4. The van der Waals surface area contributed by atoms with Gasteiger partial charge in [0.05, 0.1) is 6.04 Å². The second kappa shape index (κ2) is 13.7. The van der Waals surface area contributed by atoms with Crippen molar-refractivity contribution in [1.29, 1.82) is 0 Å². The molecule has 2 aliphatic heterocycles. The van der Waals surface area contributed by atoms with Crippen molar-refractivity contribution in [3.63, 3.8) is 0 Å². The Morgan fingerprint density at radius 2 is 1.85 bits per heavy atom. The minimum atomic E-state index is -0.362. The smallest absolute Gasteiger partial charge is 0.319 e. The molecule has 2 aliphatic rings. The summed E-state index contributed by atoms with van der Waals surface area (Å²) < 4.78 is 18.4. The van der Waals surface area contributed by atoms with Crippen molar-refractivity contribution in [3.05, 3.63) is 65.5 Å². The molecule has 2 N–H and O–H groups in total. The first-order valence-corrected chi connectivity index (χ1v) is 13.7. The van der Waals surface area contributed by atoms with Crippen molar-refractivity contribution in [1.82, 2.24) is 15.1 Å². The van der Waals surface area contributed by atoms with Gasteiger partial charge in [-0.3, -0.25) is 9.59 Å². The van der Waals surface area contributed by atoms with E-state index in [0.717, 1.165) is 50.9 Å². The number of Topliss-reactive ketones (excluding diaryl/α,β-unsaturated/α-hetero) is 1. The molecule has 2 heterocycles. The van der Waals surface area contributed by atoms with Crippen LogP contribution in [-0.4, -0.2) is 80.0 Å². The standard InChI is InChI=1S/C30H39FN4O4/c1-21(36)24-6-3-7-27(16-24)32-30(38)33-28-19-35(29(37)20-39-2)14-12-25(28)18-34-13-4-5-23(17-34)15-22-8-10-26(31)11-9-22/h3,6-11,16,23,25,28H,4-5,12-15,17-20H2,1-2H3,(H2,32,33,38)/t23?,25-,28-/m0/s1. The maximum Gasteiger partial charge on any atom is 0.319 e. The van der Waals surface area contributed by atoms with Gasteiger partial charge in [0.25, 0.3) is 0 Å². The van der Waals surface area contributed by atoms with Gasteiger partial charge in [0.1, 0.15) is 12.4 Å². The average Bonchev–Trinajstić information content (AvgIpc) is 2.91. The first kappa shape index (κ1) is 28.7. The van der Waals surface area contributed by atoms with Crippen LogP contribution < -0.4 is 10.6 Å². The number of amides is 3. The Hall–Kier alpha value is -3.30. The summed E-state index contributed by atoms with van der Waals surface area (Å²) in [5.74, 6) is 0.299. The van der Waals surface area contributed by atoms with Crippen molar-refractivity contribution in [2.45, 2.75) is 38.6 Å². The van der Waals surface area contributed by atoms with Gasteiger partial charge in [-0.2, -0.15) is 0 Å². The Morgan fingerprint density at radius 1 is 1.05 bits per heavy atom. The van der Waals surface area contributed by atoms with Crippen LogP contribution in [0, 0.1) is 17.7 Å². The Bertz CT molecular complexity index is 1140.